The first-order valence-electron chi connectivity index (χ1n) is 7.01. The van der Waals surface area contributed by atoms with E-state index in [1.165, 1.54) is 16.9 Å². The number of thiophene rings is 1. The van der Waals surface area contributed by atoms with Crippen molar-refractivity contribution in [1.29, 1.82) is 0 Å². The Kier molecular flexibility index (Phi) is 5.17. The molecule has 0 bridgehead atoms. The van der Waals surface area contributed by atoms with Crippen molar-refractivity contribution < 1.29 is 0 Å². The maximum Gasteiger partial charge on any atom is 0.0391 e. The number of hydrogen-bond acceptors (Lipinski definition) is 2. The summed E-state index contributed by atoms with van der Waals surface area (Å²) < 4.78 is 0. The lowest BCUT2D eigenvalue weighted by atomic mass is 9.96. The Morgan fingerprint density at radius 1 is 1.00 bits per heavy atom. The largest absolute Gasteiger partial charge is 0.303 e. The van der Waals surface area contributed by atoms with Crippen molar-refractivity contribution in [2.45, 2.75) is 39.3 Å². The van der Waals surface area contributed by atoms with E-state index in [0.717, 1.165) is 0 Å². The summed E-state index contributed by atoms with van der Waals surface area (Å²) in [5, 5.41) is 5.92. The van der Waals surface area contributed by atoms with Crippen LogP contribution in [0.25, 0.3) is 0 Å². The molecule has 0 amide bonds. The summed E-state index contributed by atoms with van der Waals surface area (Å²) in [5.74, 6) is 0.688. The minimum atomic E-state index is 0.406. The van der Waals surface area contributed by atoms with Crippen molar-refractivity contribution in [2.75, 3.05) is 0 Å². The van der Waals surface area contributed by atoms with Gasteiger partial charge in [0, 0.05) is 17.0 Å². The summed E-state index contributed by atoms with van der Waals surface area (Å²) in [6, 6.07) is 15.9. The van der Waals surface area contributed by atoms with Crippen molar-refractivity contribution in [2.24, 2.45) is 5.92 Å². The van der Waals surface area contributed by atoms with E-state index in [0.29, 0.717) is 18.0 Å². The highest BCUT2D eigenvalue weighted by atomic mass is 32.1. The second-order valence-electron chi connectivity index (χ2n) is 5.50. The first-order chi connectivity index (χ1) is 9.16. The zero-order valence-electron chi connectivity index (χ0n) is 12.0. The lowest BCUT2D eigenvalue weighted by Crippen LogP contribution is -2.25. The summed E-state index contributed by atoms with van der Waals surface area (Å²) in [6.45, 7) is 6.82. The Bertz CT molecular complexity index is 461. The Balaban J connectivity index is 2.10. The van der Waals surface area contributed by atoms with Crippen LogP contribution in [-0.2, 0) is 0 Å². The second-order valence-corrected chi connectivity index (χ2v) is 6.48. The van der Waals surface area contributed by atoms with E-state index >= 15 is 0 Å². The molecule has 1 aromatic carbocycles. The fourth-order valence-corrected chi connectivity index (χ4v) is 3.12. The average Bonchev–Trinajstić information content (AvgIpc) is 2.92. The summed E-state index contributed by atoms with van der Waals surface area (Å²) >= 11 is 1.82. The summed E-state index contributed by atoms with van der Waals surface area (Å²) in [4.78, 5) is 1.41. The van der Waals surface area contributed by atoms with Gasteiger partial charge >= 0.3 is 0 Å². The van der Waals surface area contributed by atoms with Gasteiger partial charge in [-0.3, -0.25) is 0 Å². The van der Waals surface area contributed by atoms with Gasteiger partial charge in [0.2, 0.25) is 0 Å². The molecule has 2 unspecified atom stereocenters. The van der Waals surface area contributed by atoms with Crippen molar-refractivity contribution >= 4 is 11.3 Å². The first kappa shape index (κ1) is 14.3. The Morgan fingerprint density at radius 2 is 1.74 bits per heavy atom. The highest BCUT2D eigenvalue weighted by molar-refractivity contribution is 7.10. The predicted molar refractivity (Wildman–Crippen MR) is 84.5 cm³/mol. The van der Waals surface area contributed by atoms with Gasteiger partial charge in [-0.15, -0.1) is 11.3 Å². The molecule has 0 spiro atoms. The molecule has 1 heterocycles. The van der Waals surface area contributed by atoms with E-state index < -0.39 is 0 Å². The molecule has 0 aliphatic heterocycles. The highest BCUT2D eigenvalue weighted by Crippen LogP contribution is 2.26. The summed E-state index contributed by atoms with van der Waals surface area (Å²) in [6.07, 6.45) is 1.17. The van der Waals surface area contributed by atoms with Gasteiger partial charge in [-0.05, 0) is 36.3 Å². The van der Waals surface area contributed by atoms with Crippen molar-refractivity contribution in [3.8, 4) is 0 Å². The maximum atomic E-state index is 3.78. The van der Waals surface area contributed by atoms with Crippen LogP contribution in [0, 0.1) is 5.92 Å². The molecule has 1 nitrogen and oxygen atoms in total. The van der Waals surface area contributed by atoms with Gasteiger partial charge in [0.25, 0.3) is 0 Å². The number of rotatable bonds is 6. The molecule has 2 rings (SSSR count). The second kappa shape index (κ2) is 6.88. The number of nitrogens with one attached hydrogen (secondary N) is 1. The average molecular weight is 273 g/mol. The highest BCUT2D eigenvalue weighted by Gasteiger charge is 2.16. The quantitative estimate of drug-likeness (QED) is 0.764. The Hall–Kier alpha value is -1.12. The fraction of sp³-hybridized carbons (Fsp3) is 0.412. The molecule has 0 radical (unpaired) electrons. The standard InChI is InChI=1S/C17H23NS/c1-13(2)12-16(15-8-5-4-6-9-15)18-14(3)17-10-7-11-19-17/h4-11,13-14,16,18H,12H2,1-3H3. The minimum Gasteiger partial charge on any atom is -0.303 e. The van der Waals surface area contributed by atoms with Crippen LogP contribution < -0.4 is 5.32 Å². The number of benzene rings is 1. The van der Waals surface area contributed by atoms with E-state index in [9.17, 15) is 0 Å². The van der Waals surface area contributed by atoms with Crippen LogP contribution in [0.1, 0.15) is 49.7 Å². The lowest BCUT2D eigenvalue weighted by molar-refractivity contribution is 0.396. The van der Waals surface area contributed by atoms with Gasteiger partial charge in [-0.25, -0.2) is 0 Å². The molecule has 19 heavy (non-hydrogen) atoms. The minimum absolute atomic E-state index is 0.406. The lowest BCUT2D eigenvalue weighted by Gasteiger charge is -2.25. The molecule has 2 atom stereocenters. The van der Waals surface area contributed by atoms with E-state index in [1.54, 1.807) is 0 Å². The SMILES string of the molecule is CC(C)CC(NC(C)c1cccs1)c1ccccc1. The van der Waals surface area contributed by atoms with Crippen LogP contribution in [0.2, 0.25) is 0 Å². The van der Waals surface area contributed by atoms with Crippen LogP contribution in [0.4, 0.5) is 0 Å². The van der Waals surface area contributed by atoms with E-state index in [1.807, 2.05) is 11.3 Å². The topological polar surface area (TPSA) is 12.0 Å². The molecule has 0 fully saturated rings. The molecular formula is C17H23NS. The molecule has 0 saturated heterocycles. The zero-order chi connectivity index (χ0) is 13.7. The van der Waals surface area contributed by atoms with Crippen LogP contribution in [0.15, 0.2) is 47.8 Å². The van der Waals surface area contributed by atoms with Gasteiger partial charge in [0.05, 0.1) is 0 Å². The predicted octanol–water partition coefficient (Wildman–Crippen LogP) is 5.19. The van der Waals surface area contributed by atoms with Gasteiger partial charge in [0.1, 0.15) is 0 Å². The molecule has 0 aliphatic carbocycles. The molecule has 0 saturated carbocycles. The summed E-state index contributed by atoms with van der Waals surface area (Å²) in [7, 11) is 0. The molecule has 2 aromatic rings. The van der Waals surface area contributed by atoms with Gasteiger partial charge in [-0.1, -0.05) is 50.2 Å². The molecule has 1 N–H and O–H groups in total. The smallest absolute Gasteiger partial charge is 0.0391 e. The fourth-order valence-electron chi connectivity index (χ4n) is 2.38. The van der Waals surface area contributed by atoms with Crippen molar-refractivity contribution in [3.05, 3.63) is 58.3 Å². The Labute approximate surface area is 120 Å². The van der Waals surface area contributed by atoms with Crippen LogP contribution in [0.3, 0.4) is 0 Å². The molecular weight excluding hydrogens is 250 g/mol. The van der Waals surface area contributed by atoms with E-state index in [-0.39, 0.29) is 0 Å². The van der Waals surface area contributed by atoms with Crippen LogP contribution in [-0.4, -0.2) is 0 Å². The van der Waals surface area contributed by atoms with Gasteiger partial charge in [0.15, 0.2) is 0 Å². The molecule has 2 heteroatoms. The van der Waals surface area contributed by atoms with Gasteiger partial charge in [-0.2, -0.15) is 0 Å². The third kappa shape index (κ3) is 4.19. The third-order valence-electron chi connectivity index (χ3n) is 3.33. The summed E-state index contributed by atoms with van der Waals surface area (Å²) in [5.41, 5.74) is 1.39. The molecule has 1 aromatic heterocycles. The monoisotopic (exact) mass is 273 g/mol. The van der Waals surface area contributed by atoms with Gasteiger partial charge < -0.3 is 5.32 Å². The zero-order valence-corrected chi connectivity index (χ0v) is 12.8. The maximum absolute atomic E-state index is 3.78. The van der Waals surface area contributed by atoms with Crippen LogP contribution >= 0.6 is 11.3 Å². The first-order valence-corrected chi connectivity index (χ1v) is 7.89. The Morgan fingerprint density at radius 3 is 2.32 bits per heavy atom. The molecule has 0 aliphatic rings. The van der Waals surface area contributed by atoms with Crippen molar-refractivity contribution in [1.82, 2.24) is 5.32 Å². The molecule has 102 valence electrons. The van der Waals surface area contributed by atoms with E-state index in [2.05, 4.69) is 73.9 Å². The van der Waals surface area contributed by atoms with Crippen molar-refractivity contribution in [3.63, 3.8) is 0 Å². The number of hydrogen-bond donors (Lipinski definition) is 1. The van der Waals surface area contributed by atoms with E-state index in [4.69, 9.17) is 0 Å². The normalized spacial score (nSPS) is 14.5. The third-order valence-corrected chi connectivity index (χ3v) is 4.39. The van der Waals surface area contributed by atoms with Crippen LogP contribution in [0.5, 0.6) is 0 Å².